The zero-order chi connectivity index (χ0) is 9.30. The molecular formula is C7H3FI2O2. The molecule has 1 N–H and O–H groups in total. The molecule has 1 rings (SSSR count). The van der Waals surface area contributed by atoms with Crippen LogP contribution >= 0.6 is 45.2 Å². The number of aromatic carboxylic acids is 1. The SMILES string of the molecule is O=C(O)c1ccc(I)c(I)c1F. The lowest BCUT2D eigenvalue weighted by Crippen LogP contribution is -2.03. The van der Waals surface area contributed by atoms with E-state index in [0.717, 1.165) is 3.57 Å². The highest BCUT2D eigenvalue weighted by Gasteiger charge is 2.14. The fraction of sp³-hybridized carbons (Fsp3) is 0. The summed E-state index contributed by atoms with van der Waals surface area (Å²) in [5.41, 5.74) is -0.278. The molecule has 0 radical (unpaired) electrons. The van der Waals surface area contributed by atoms with E-state index >= 15 is 0 Å². The number of benzene rings is 1. The predicted octanol–water partition coefficient (Wildman–Crippen LogP) is 2.73. The third-order valence-electron chi connectivity index (χ3n) is 1.27. The van der Waals surface area contributed by atoms with Crippen LogP contribution in [-0.4, -0.2) is 11.1 Å². The normalized spacial score (nSPS) is 9.92. The van der Waals surface area contributed by atoms with Crippen molar-refractivity contribution in [2.24, 2.45) is 0 Å². The Kier molecular flexibility index (Phi) is 3.27. The molecule has 0 amide bonds. The summed E-state index contributed by atoms with van der Waals surface area (Å²) in [6, 6.07) is 2.84. The highest BCUT2D eigenvalue weighted by molar-refractivity contribution is 14.1. The predicted molar refractivity (Wildman–Crippen MR) is 58.8 cm³/mol. The summed E-state index contributed by atoms with van der Waals surface area (Å²) in [6.45, 7) is 0. The number of hydrogen-bond donors (Lipinski definition) is 1. The van der Waals surface area contributed by atoms with E-state index < -0.39 is 11.8 Å². The molecule has 0 spiro atoms. The van der Waals surface area contributed by atoms with E-state index in [0.29, 0.717) is 3.57 Å². The molecule has 2 nitrogen and oxygen atoms in total. The highest BCUT2D eigenvalue weighted by Crippen LogP contribution is 2.21. The number of hydrogen-bond acceptors (Lipinski definition) is 1. The largest absolute Gasteiger partial charge is 0.478 e. The monoisotopic (exact) mass is 392 g/mol. The van der Waals surface area contributed by atoms with Crippen molar-refractivity contribution < 1.29 is 14.3 Å². The standard InChI is InChI=1S/C7H3FI2O2/c8-5-3(7(11)12)1-2-4(9)6(5)10/h1-2H,(H,11,12). The quantitative estimate of drug-likeness (QED) is 0.590. The summed E-state index contributed by atoms with van der Waals surface area (Å²) < 4.78 is 14.2. The van der Waals surface area contributed by atoms with Crippen LogP contribution in [0.5, 0.6) is 0 Å². The van der Waals surface area contributed by atoms with Gasteiger partial charge in [0.25, 0.3) is 0 Å². The summed E-state index contributed by atoms with van der Waals surface area (Å²) in [7, 11) is 0. The third-order valence-corrected chi connectivity index (χ3v) is 4.25. The van der Waals surface area contributed by atoms with Crippen LogP contribution in [0.3, 0.4) is 0 Å². The number of carbonyl (C=O) groups is 1. The van der Waals surface area contributed by atoms with Gasteiger partial charge in [-0.25, -0.2) is 9.18 Å². The highest BCUT2D eigenvalue weighted by atomic mass is 127. The van der Waals surface area contributed by atoms with E-state index in [-0.39, 0.29) is 5.56 Å². The van der Waals surface area contributed by atoms with Gasteiger partial charge in [-0.3, -0.25) is 0 Å². The Balaban J connectivity index is 3.36. The number of carboxylic acid groups (broad SMARTS) is 1. The maximum atomic E-state index is 13.1. The summed E-state index contributed by atoms with van der Waals surface area (Å²) in [6.07, 6.45) is 0. The van der Waals surface area contributed by atoms with E-state index in [1.807, 2.05) is 22.6 Å². The molecule has 0 aromatic heterocycles. The first-order chi connectivity index (χ1) is 5.54. The molecule has 1 aromatic rings. The summed E-state index contributed by atoms with van der Waals surface area (Å²) in [5, 5.41) is 8.54. The molecular weight excluding hydrogens is 389 g/mol. The molecule has 0 fully saturated rings. The lowest BCUT2D eigenvalue weighted by molar-refractivity contribution is 0.0691. The Labute approximate surface area is 95.4 Å². The molecule has 0 atom stereocenters. The summed E-state index contributed by atoms with van der Waals surface area (Å²) in [4.78, 5) is 10.4. The molecule has 12 heavy (non-hydrogen) atoms. The minimum atomic E-state index is -1.23. The number of rotatable bonds is 1. The van der Waals surface area contributed by atoms with Crippen LogP contribution in [0.25, 0.3) is 0 Å². The van der Waals surface area contributed by atoms with Crippen molar-refractivity contribution >= 4 is 51.2 Å². The Bertz CT molecular complexity index is 338. The maximum Gasteiger partial charge on any atom is 0.338 e. The van der Waals surface area contributed by atoms with E-state index in [1.165, 1.54) is 6.07 Å². The van der Waals surface area contributed by atoms with Crippen LogP contribution < -0.4 is 0 Å². The molecule has 0 aliphatic carbocycles. The summed E-state index contributed by atoms with van der Waals surface area (Å²) >= 11 is 3.73. The maximum absolute atomic E-state index is 13.1. The minimum absolute atomic E-state index is 0.278. The van der Waals surface area contributed by atoms with Gasteiger partial charge in [-0.15, -0.1) is 0 Å². The van der Waals surface area contributed by atoms with Crippen LogP contribution in [-0.2, 0) is 0 Å². The first-order valence-electron chi connectivity index (χ1n) is 2.91. The molecule has 0 unspecified atom stereocenters. The molecule has 0 bridgehead atoms. The van der Waals surface area contributed by atoms with Crippen molar-refractivity contribution in [1.82, 2.24) is 0 Å². The van der Waals surface area contributed by atoms with Gasteiger partial charge in [-0.05, 0) is 57.3 Å². The van der Waals surface area contributed by atoms with Gasteiger partial charge in [0.15, 0.2) is 5.82 Å². The number of carboxylic acids is 1. The van der Waals surface area contributed by atoms with Gasteiger partial charge in [0.2, 0.25) is 0 Å². The van der Waals surface area contributed by atoms with Crippen molar-refractivity contribution in [2.45, 2.75) is 0 Å². The average Bonchev–Trinajstić information content (AvgIpc) is 2.00. The Morgan fingerprint density at radius 1 is 1.42 bits per heavy atom. The smallest absolute Gasteiger partial charge is 0.338 e. The fourth-order valence-corrected chi connectivity index (χ4v) is 1.58. The third kappa shape index (κ3) is 1.87. The van der Waals surface area contributed by atoms with Crippen LogP contribution in [0.4, 0.5) is 4.39 Å². The molecule has 0 aliphatic heterocycles. The Hall–Kier alpha value is 0.0800. The molecule has 64 valence electrons. The van der Waals surface area contributed by atoms with Gasteiger partial charge in [-0.1, -0.05) is 0 Å². The van der Waals surface area contributed by atoms with Gasteiger partial charge in [-0.2, -0.15) is 0 Å². The van der Waals surface area contributed by atoms with Gasteiger partial charge in [0.05, 0.1) is 9.13 Å². The first-order valence-corrected chi connectivity index (χ1v) is 5.06. The zero-order valence-electron chi connectivity index (χ0n) is 5.64. The van der Waals surface area contributed by atoms with E-state index in [1.54, 1.807) is 28.7 Å². The van der Waals surface area contributed by atoms with Crippen molar-refractivity contribution in [2.75, 3.05) is 0 Å². The van der Waals surface area contributed by atoms with E-state index in [4.69, 9.17) is 5.11 Å². The second-order valence-corrected chi connectivity index (χ2v) is 4.27. The average molecular weight is 392 g/mol. The minimum Gasteiger partial charge on any atom is -0.478 e. The fourth-order valence-electron chi connectivity index (χ4n) is 0.691. The van der Waals surface area contributed by atoms with Gasteiger partial charge in [0, 0.05) is 3.57 Å². The van der Waals surface area contributed by atoms with Crippen molar-refractivity contribution in [3.63, 3.8) is 0 Å². The van der Waals surface area contributed by atoms with Crippen molar-refractivity contribution in [3.8, 4) is 0 Å². The van der Waals surface area contributed by atoms with Crippen LogP contribution in [0.1, 0.15) is 10.4 Å². The molecule has 0 saturated heterocycles. The number of halogens is 3. The molecule has 5 heteroatoms. The van der Waals surface area contributed by atoms with E-state index in [2.05, 4.69) is 0 Å². The molecule has 1 aromatic carbocycles. The van der Waals surface area contributed by atoms with Crippen LogP contribution in [0.15, 0.2) is 12.1 Å². The van der Waals surface area contributed by atoms with Crippen LogP contribution in [0.2, 0.25) is 0 Å². The lowest BCUT2D eigenvalue weighted by atomic mass is 10.2. The van der Waals surface area contributed by atoms with E-state index in [9.17, 15) is 9.18 Å². The van der Waals surface area contributed by atoms with Gasteiger partial charge < -0.3 is 5.11 Å². The Morgan fingerprint density at radius 2 is 2.00 bits per heavy atom. The van der Waals surface area contributed by atoms with Crippen molar-refractivity contribution in [3.05, 3.63) is 30.7 Å². The topological polar surface area (TPSA) is 37.3 Å². The molecule has 0 heterocycles. The molecule has 0 aliphatic rings. The van der Waals surface area contributed by atoms with Gasteiger partial charge in [0.1, 0.15) is 0 Å². The second kappa shape index (κ2) is 3.86. The molecule has 0 saturated carbocycles. The second-order valence-electron chi connectivity index (χ2n) is 2.03. The van der Waals surface area contributed by atoms with Crippen molar-refractivity contribution in [1.29, 1.82) is 0 Å². The zero-order valence-corrected chi connectivity index (χ0v) is 9.96. The summed E-state index contributed by atoms with van der Waals surface area (Å²) in [5.74, 6) is -1.89. The van der Waals surface area contributed by atoms with Gasteiger partial charge >= 0.3 is 5.97 Å². The Morgan fingerprint density at radius 3 is 2.50 bits per heavy atom. The lowest BCUT2D eigenvalue weighted by Gasteiger charge is -2.00. The first kappa shape index (κ1) is 10.2. The van der Waals surface area contributed by atoms with Crippen LogP contribution in [0, 0.1) is 13.0 Å².